The summed E-state index contributed by atoms with van der Waals surface area (Å²) in [5.74, 6) is 0.206. The van der Waals surface area contributed by atoms with E-state index in [9.17, 15) is 9.59 Å². The Morgan fingerprint density at radius 1 is 1.32 bits per heavy atom. The first-order chi connectivity index (χ1) is 15.1. The third-order valence-electron chi connectivity index (χ3n) is 5.39. The van der Waals surface area contributed by atoms with Crippen molar-refractivity contribution in [2.45, 2.75) is 43.4 Å². The summed E-state index contributed by atoms with van der Waals surface area (Å²) in [6.45, 7) is 0.739. The molecule has 3 aromatic rings. The van der Waals surface area contributed by atoms with Gasteiger partial charge in [-0.2, -0.15) is 0 Å². The predicted molar refractivity (Wildman–Crippen MR) is 127 cm³/mol. The molecule has 1 N–H and O–H groups in total. The molecule has 9 heteroatoms. The Hall–Kier alpha value is -1.87. The fourth-order valence-electron chi connectivity index (χ4n) is 3.84. The topological polar surface area (TPSA) is 73.2 Å². The van der Waals surface area contributed by atoms with Crippen molar-refractivity contribution in [1.29, 1.82) is 0 Å². The Morgan fingerprint density at radius 2 is 2.10 bits per heavy atom. The molecule has 0 spiro atoms. The lowest BCUT2D eigenvalue weighted by Gasteiger charge is -2.14. The van der Waals surface area contributed by atoms with Crippen molar-refractivity contribution in [3.8, 4) is 11.1 Å². The molecule has 0 unspecified atom stereocenters. The summed E-state index contributed by atoms with van der Waals surface area (Å²) in [6, 6.07) is 7.74. The number of benzene rings is 1. The van der Waals surface area contributed by atoms with Gasteiger partial charge in [-0.05, 0) is 18.9 Å². The predicted octanol–water partition coefficient (Wildman–Crippen LogP) is 4.58. The molecule has 1 aliphatic carbocycles. The van der Waals surface area contributed by atoms with Gasteiger partial charge in [0.25, 0.3) is 5.56 Å². The minimum atomic E-state index is -0.142. The molecule has 31 heavy (non-hydrogen) atoms. The van der Waals surface area contributed by atoms with Crippen LogP contribution in [0, 0.1) is 0 Å². The average Bonchev–Trinajstić information content (AvgIpc) is 3.42. The van der Waals surface area contributed by atoms with E-state index in [1.165, 1.54) is 35.9 Å². The molecule has 164 valence electrons. The molecule has 1 saturated carbocycles. The molecule has 1 aliphatic rings. The van der Waals surface area contributed by atoms with E-state index in [1.807, 2.05) is 29.6 Å². The molecule has 2 heterocycles. The van der Waals surface area contributed by atoms with Crippen molar-refractivity contribution in [2.24, 2.45) is 0 Å². The number of hydrogen-bond acceptors (Lipinski definition) is 6. The second kappa shape index (κ2) is 10.2. The second-order valence-electron chi connectivity index (χ2n) is 7.49. The van der Waals surface area contributed by atoms with Crippen molar-refractivity contribution in [3.63, 3.8) is 0 Å². The average molecular weight is 478 g/mol. The number of thioether (sulfide) groups is 1. The van der Waals surface area contributed by atoms with Gasteiger partial charge in [0.2, 0.25) is 5.91 Å². The third kappa shape index (κ3) is 4.98. The molecule has 1 fully saturated rings. The number of amides is 1. The molecule has 0 radical (unpaired) electrons. The van der Waals surface area contributed by atoms with Crippen LogP contribution in [-0.4, -0.2) is 41.0 Å². The van der Waals surface area contributed by atoms with Crippen LogP contribution in [0.4, 0.5) is 0 Å². The molecule has 4 rings (SSSR count). The molecule has 0 aliphatic heterocycles. The van der Waals surface area contributed by atoms with Crippen molar-refractivity contribution < 1.29 is 9.53 Å². The highest BCUT2D eigenvalue weighted by molar-refractivity contribution is 7.99. The van der Waals surface area contributed by atoms with Crippen LogP contribution in [-0.2, 0) is 16.1 Å². The number of ether oxygens (including phenoxy) is 1. The van der Waals surface area contributed by atoms with Gasteiger partial charge in [-0.3, -0.25) is 14.2 Å². The summed E-state index contributed by atoms with van der Waals surface area (Å²) in [7, 11) is 1.60. The minimum absolute atomic E-state index is 0.0209. The van der Waals surface area contributed by atoms with Crippen LogP contribution in [0.25, 0.3) is 21.3 Å². The van der Waals surface area contributed by atoms with Crippen LogP contribution < -0.4 is 10.9 Å². The van der Waals surface area contributed by atoms with Crippen molar-refractivity contribution in [3.05, 3.63) is 45.0 Å². The fraction of sp³-hybridized carbons (Fsp3) is 0.409. The zero-order valence-electron chi connectivity index (χ0n) is 17.2. The van der Waals surface area contributed by atoms with Crippen LogP contribution >= 0.6 is 34.7 Å². The number of hydrogen-bond donors (Lipinski definition) is 1. The molecular weight excluding hydrogens is 454 g/mol. The number of fused-ring (bicyclic) bond motifs is 1. The highest BCUT2D eigenvalue weighted by atomic mass is 35.5. The number of nitrogens with one attached hydrogen (secondary N) is 1. The number of halogens is 1. The van der Waals surface area contributed by atoms with Crippen molar-refractivity contribution >= 4 is 50.8 Å². The first kappa shape index (κ1) is 22.3. The quantitative estimate of drug-likeness (QED) is 0.380. The van der Waals surface area contributed by atoms with E-state index in [4.69, 9.17) is 21.3 Å². The molecule has 6 nitrogen and oxygen atoms in total. The second-order valence-corrected chi connectivity index (χ2v) is 9.70. The van der Waals surface area contributed by atoms with Gasteiger partial charge in [-0.1, -0.05) is 54.4 Å². The monoisotopic (exact) mass is 477 g/mol. The van der Waals surface area contributed by atoms with Crippen molar-refractivity contribution in [1.82, 2.24) is 14.9 Å². The van der Waals surface area contributed by atoms with E-state index < -0.39 is 0 Å². The summed E-state index contributed by atoms with van der Waals surface area (Å²) in [5, 5.41) is 6.67. The van der Waals surface area contributed by atoms with Gasteiger partial charge in [0, 0.05) is 34.7 Å². The molecule has 1 aromatic carbocycles. The largest absolute Gasteiger partial charge is 0.383 e. The lowest BCUT2D eigenvalue weighted by molar-refractivity contribution is -0.119. The summed E-state index contributed by atoms with van der Waals surface area (Å²) in [6.07, 6.45) is 4.41. The minimum Gasteiger partial charge on any atom is -0.383 e. The van der Waals surface area contributed by atoms with E-state index in [2.05, 4.69) is 5.32 Å². The lowest BCUT2D eigenvalue weighted by atomic mass is 10.1. The number of carbonyl (C=O) groups is 1. The van der Waals surface area contributed by atoms with Gasteiger partial charge in [-0.15, -0.1) is 11.3 Å². The maximum Gasteiger partial charge on any atom is 0.263 e. The molecule has 1 amide bonds. The summed E-state index contributed by atoms with van der Waals surface area (Å²) in [4.78, 5) is 31.2. The molecule has 2 aromatic heterocycles. The van der Waals surface area contributed by atoms with Crippen molar-refractivity contribution in [2.75, 3.05) is 19.5 Å². The third-order valence-corrected chi connectivity index (χ3v) is 7.57. The van der Waals surface area contributed by atoms with Crippen LogP contribution in [0.15, 0.2) is 39.6 Å². The molecule has 0 bridgehead atoms. The Balaban J connectivity index is 1.66. The van der Waals surface area contributed by atoms with Crippen LogP contribution in [0.2, 0.25) is 5.02 Å². The maximum atomic E-state index is 13.5. The van der Waals surface area contributed by atoms with Gasteiger partial charge in [0.1, 0.15) is 4.83 Å². The standard InChI is InChI=1S/C22H24ClN3O3S2/c1-29-11-10-26-21(28)19-16(15-8-4-5-9-17(15)23)12-30-20(19)25-22(26)31-13-18(27)24-14-6-2-3-7-14/h4-5,8-9,12,14H,2-3,6-7,10-11,13H2,1H3,(H,24,27). The van der Waals surface area contributed by atoms with Crippen LogP contribution in [0.3, 0.4) is 0 Å². The first-order valence-electron chi connectivity index (χ1n) is 10.3. The Kier molecular flexibility index (Phi) is 7.32. The van der Waals surface area contributed by atoms with E-state index >= 15 is 0 Å². The van der Waals surface area contributed by atoms with Gasteiger partial charge >= 0.3 is 0 Å². The van der Waals surface area contributed by atoms with Crippen LogP contribution in [0.5, 0.6) is 0 Å². The smallest absolute Gasteiger partial charge is 0.263 e. The summed E-state index contributed by atoms with van der Waals surface area (Å²) >= 11 is 9.09. The number of nitrogens with zero attached hydrogens (tertiary/aromatic N) is 2. The highest BCUT2D eigenvalue weighted by Gasteiger charge is 2.21. The number of rotatable bonds is 8. The molecular formula is C22H24ClN3O3S2. The van der Waals surface area contributed by atoms with Gasteiger partial charge in [-0.25, -0.2) is 4.98 Å². The fourth-order valence-corrected chi connectivity index (χ4v) is 5.90. The Labute approximate surface area is 194 Å². The Morgan fingerprint density at radius 3 is 2.84 bits per heavy atom. The van der Waals surface area contributed by atoms with Gasteiger partial charge in [0.05, 0.1) is 24.3 Å². The maximum absolute atomic E-state index is 13.5. The highest BCUT2D eigenvalue weighted by Crippen LogP contribution is 2.35. The van der Waals surface area contributed by atoms with Gasteiger partial charge < -0.3 is 10.1 Å². The number of carbonyl (C=O) groups excluding carboxylic acids is 1. The summed E-state index contributed by atoms with van der Waals surface area (Å²) < 4.78 is 6.81. The van der Waals surface area contributed by atoms with Crippen LogP contribution in [0.1, 0.15) is 25.7 Å². The zero-order chi connectivity index (χ0) is 21.8. The number of thiophene rings is 1. The van der Waals surface area contributed by atoms with E-state index in [0.717, 1.165) is 24.0 Å². The molecule has 0 atom stereocenters. The Bertz CT molecular complexity index is 1140. The first-order valence-corrected chi connectivity index (χ1v) is 12.5. The number of aromatic nitrogens is 2. The normalized spacial score (nSPS) is 14.4. The number of methoxy groups -OCH3 is 1. The van der Waals surface area contributed by atoms with E-state index in [1.54, 1.807) is 11.7 Å². The SMILES string of the molecule is COCCn1c(SCC(=O)NC2CCCC2)nc2scc(-c3ccccc3Cl)c2c1=O. The summed E-state index contributed by atoms with van der Waals surface area (Å²) in [5.41, 5.74) is 1.45. The lowest BCUT2D eigenvalue weighted by Crippen LogP contribution is -2.34. The van der Waals surface area contributed by atoms with E-state index in [0.29, 0.717) is 33.5 Å². The van der Waals surface area contributed by atoms with Gasteiger partial charge in [0.15, 0.2) is 5.16 Å². The molecule has 0 saturated heterocycles. The zero-order valence-corrected chi connectivity index (χ0v) is 19.6. The van der Waals surface area contributed by atoms with E-state index in [-0.39, 0.29) is 23.3 Å².